The Morgan fingerprint density at radius 2 is 2.04 bits per heavy atom. The first-order chi connectivity index (χ1) is 11.2. The van der Waals surface area contributed by atoms with Gasteiger partial charge in [0.1, 0.15) is 18.4 Å². The molecular formula is C18H15N3O2. The second kappa shape index (κ2) is 6.24. The Morgan fingerprint density at radius 1 is 1.26 bits per heavy atom. The van der Waals surface area contributed by atoms with Crippen molar-refractivity contribution in [1.82, 2.24) is 9.72 Å². The van der Waals surface area contributed by atoms with Crippen molar-refractivity contribution in [3.05, 3.63) is 71.5 Å². The number of hydrogen-bond donors (Lipinski definition) is 1. The van der Waals surface area contributed by atoms with Gasteiger partial charge in [0.25, 0.3) is 5.91 Å². The van der Waals surface area contributed by atoms with Crippen LogP contribution in [0.5, 0.6) is 5.75 Å². The Kier molecular flexibility index (Phi) is 3.98. The van der Waals surface area contributed by atoms with Gasteiger partial charge >= 0.3 is 0 Å². The van der Waals surface area contributed by atoms with Gasteiger partial charge in [-0.15, -0.1) is 0 Å². The maximum absolute atomic E-state index is 11.5. The van der Waals surface area contributed by atoms with E-state index in [2.05, 4.69) is 11.4 Å². The Hall–Kier alpha value is -3.26. The van der Waals surface area contributed by atoms with Crippen LogP contribution in [-0.2, 0) is 6.61 Å². The van der Waals surface area contributed by atoms with Crippen LogP contribution < -0.4 is 10.1 Å². The maximum atomic E-state index is 11.5. The molecule has 2 heterocycles. The minimum Gasteiger partial charge on any atom is -0.489 e. The van der Waals surface area contributed by atoms with Gasteiger partial charge in [0, 0.05) is 30.6 Å². The molecule has 0 spiro atoms. The van der Waals surface area contributed by atoms with E-state index in [1.54, 1.807) is 31.3 Å². The van der Waals surface area contributed by atoms with Gasteiger partial charge in [-0.2, -0.15) is 5.26 Å². The molecule has 0 aliphatic rings. The fourth-order valence-electron chi connectivity index (χ4n) is 2.42. The number of aromatic nitrogens is 1. The maximum Gasteiger partial charge on any atom is 0.251 e. The number of nitrogens with one attached hydrogen (secondary N) is 1. The Morgan fingerprint density at radius 3 is 2.74 bits per heavy atom. The number of nitrogens with zero attached hydrogens (tertiary/aromatic N) is 2. The molecule has 0 radical (unpaired) electrons. The van der Waals surface area contributed by atoms with Crippen LogP contribution in [0.3, 0.4) is 0 Å². The molecule has 23 heavy (non-hydrogen) atoms. The van der Waals surface area contributed by atoms with Crippen LogP contribution in [-0.4, -0.2) is 17.4 Å². The molecule has 0 aliphatic heterocycles. The molecule has 0 saturated carbocycles. The third-order valence-electron chi connectivity index (χ3n) is 3.61. The number of ether oxygens (including phenoxy) is 1. The fourth-order valence-corrected chi connectivity index (χ4v) is 2.42. The number of benzene rings is 1. The van der Waals surface area contributed by atoms with Gasteiger partial charge in [0.05, 0.1) is 11.1 Å². The van der Waals surface area contributed by atoms with Gasteiger partial charge in [-0.3, -0.25) is 4.79 Å². The highest BCUT2D eigenvalue weighted by Gasteiger charge is 2.10. The molecule has 114 valence electrons. The quantitative estimate of drug-likeness (QED) is 0.806. The smallest absolute Gasteiger partial charge is 0.251 e. The number of carbonyl (C=O) groups excluding carboxylic acids is 1. The summed E-state index contributed by atoms with van der Waals surface area (Å²) in [5, 5.41) is 11.9. The van der Waals surface area contributed by atoms with Crippen LogP contribution >= 0.6 is 0 Å². The van der Waals surface area contributed by atoms with E-state index in [-0.39, 0.29) is 5.91 Å². The molecular weight excluding hydrogens is 290 g/mol. The molecule has 3 rings (SSSR count). The van der Waals surface area contributed by atoms with Crippen molar-refractivity contribution < 1.29 is 9.53 Å². The van der Waals surface area contributed by atoms with Crippen molar-refractivity contribution in [3.63, 3.8) is 0 Å². The molecule has 2 aromatic heterocycles. The zero-order valence-electron chi connectivity index (χ0n) is 12.6. The van der Waals surface area contributed by atoms with Crippen LogP contribution in [0, 0.1) is 11.3 Å². The normalized spacial score (nSPS) is 10.3. The molecule has 1 amide bonds. The predicted octanol–water partition coefficient (Wildman–Crippen LogP) is 2.75. The first-order valence-corrected chi connectivity index (χ1v) is 7.16. The number of nitriles is 1. The molecule has 1 aromatic carbocycles. The molecule has 3 aromatic rings. The van der Waals surface area contributed by atoms with E-state index in [1.807, 2.05) is 35.0 Å². The van der Waals surface area contributed by atoms with Gasteiger partial charge in [-0.05, 0) is 36.4 Å². The molecule has 0 atom stereocenters. The third-order valence-corrected chi connectivity index (χ3v) is 3.61. The second-order valence-electron chi connectivity index (χ2n) is 5.03. The highest BCUT2D eigenvalue weighted by atomic mass is 16.5. The molecule has 5 heteroatoms. The summed E-state index contributed by atoms with van der Waals surface area (Å²) in [5.74, 6) is 0.513. The predicted molar refractivity (Wildman–Crippen MR) is 86.3 cm³/mol. The van der Waals surface area contributed by atoms with Gasteiger partial charge in [0.2, 0.25) is 0 Å². The highest BCUT2D eigenvalue weighted by molar-refractivity contribution is 5.94. The van der Waals surface area contributed by atoms with Crippen LogP contribution in [0.1, 0.15) is 21.5 Å². The molecule has 0 bridgehead atoms. The largest absolute Gasteiger partial charge is 0.489 e. The number of amides is 1. The van der Waals surface area contributed by atoms with Crippen molar-refractivity contribution in [1.29, 1.82) is 5.26 Å². The van der Waals surface area contributed by atoms with Gasteiger partial charge in [0.15, 0.2) is 0 Å². The second-order valence-corrected chi connectivity index (χ2v) is 5.03. The summed E-state index contributed by atoms with van der Waals surface area (Å²) in [6.45, 7) is 0.296. The lowest BCUT2D eigenvalue weighted by Crippen LogP contribution is -2.17. The standard InChI is InChI=1S/C18H15N3O2/c1-20-18(22)13-5-7-15(8-6-13)23-12-14-11-21-9-3-2-4-17(21)16(14)10-19/h2-9,11H,12H2,1H3,(H,20,22). The van der Waals surface area contributed by atoms with E-state index in [1.165, 1.54) is 0 Å². The fraction of sp³-hybridized carbons (Fsp3) is 0.111. The van der Waals surface area contributed by atoms with Gasteiger partial charge in [-0.1, -0.05) is 6.07 Å². The Balaban J connectivity index is 1.78. The Labute approximate surface area is 133 Å². The summed E-state index contributed by atoms with van der Waals surface area (Å²) in [5.41, 5.74) is 2.89. The highest BCUT2D eigenvalue weighted by Crippen LogP contribution is 2.20. The summed E-state index contributed by atoms with van der Waals surface area (Å²) in [4.78, 5) is 11.5. The zero-order valence-corrected chi connectivity index (χ0v) is 12.6. The van der Waals surface area contributed by atoms with E-state index in [0.717, 1.165) is 11.1 Å². The lowest BCUT2D eigenvalue weighted by molar-refractivity contribution is 0.0963. The van der Waals surface area contributed by atoms with Crippen molar-refractivity contribution in [2.24, 2.45) is 0 Å². The molecule has 0 unspecified atom stereocenters. The lowest BCUT2D eigenvalue weighted by atomic mass is 10.2. The summed E-state index contributed by atoms with van der Waals surface area (Å²) < 4.78 is 7.64. The monoisotopic (exact) mass is 305 g/mol. The first-order valence-electron chi connectivity index (χ1n) is 7.16. The van der Waals surface area contributed by atoms with E-state index in [0.29, 0.717) is 23.5 Å². The first kappa shape index (κ1) is 14.7. The number of hydrogen-bond acceptors (Lipinski definition) is 3. The van der Waals surface area contributed by atoms with Gasteiger partial charge in [-0.25, -0.2) is 0 Å². The van der Waals surface area contributed by atoms with Crippen molar-refractivity contribution in [2.75, 3.05) is 7.05 Å². The number of fused-ring (bicyclic) bond motifs is 1. The number of pyridine rings is 1. The third kappa shape index (κ3) is 2.87. The summed E-state index contributed by atoms with van der Waals surface area (Å²) in [6, 6.07) is 14.8. The summed E-state index contributed by atoms with van der Waals surface area (Å²) >= 11 is 0. The minimum atomic E-state index is -0.137. The van der Waals surface area contributed by atoms with Crippen LogP contribution in [0.25, 0.3) is 5.52 Å². The van der Waals surface area contributed by atoms with Crippen LogP contribution in [0.4, 0.5) is 0 Å². The Bertz CT molecular complexity index is 889. The van der Waals surface area contributed by atoms with E-state index < -0.39 is 0 Å². The molecule has 0 saturated heterocycles. The van der Waals surface area contributed by atoms with Crippen molar-refractivity contribution in [3.8, 4) is 11.8 Å². The summed E-state index contributed by atoms with van der Waals surface area (Å²) in [7, 11) is 1.59. The molecule has 0 fully saturated rings. The minimum absolute atomic E-state index is 0.137. The van der Waals surface area contributed by atoms with E-state index in [4.69, 9.17) is 4.74 Å². The zero-order chi connectivity index (χ0) is 16.2. The SMILES string of the molecule is CNC(=O)c1ccc(OCc2cn3ccccc3c2C#N)cc1. The average molecular weight is 305 g/mol. The van der Waals surface area contributed by atoms with Gasteiger partial charge < -0.3 is 14.5 Å². The molecule has 1 N–H and O–H groups in total. The molecule has 0 aliphatic carbocycles. The van der Waals surface area contributed by atoms with Crippen molar-refractivity contribution in [2.45, 2.75) is 6.61 Å². The molecule has 5 nitrogen and oxygen atoms in total. The van der Waals surface area contributed by atoms with Crippen LogP contribution in [0.2, 0.25) is 0 Å². The van der Waals surface area contributed by atoms with Crippen LogP contribution in [0.15, 0.2) is 54.9 Å². The van der Waals surface area contributed by atoms with E-state index >= 15 is 0 Å². The lowest BCUT2D eigenvalue weighted by Gasteiger charge is -2.06. The summed E-state index contributed by atoms with van der Waals surface area (Å²) in [6.07, 6.45) is 3.80. The average Bonchev–Trinajstić information content (AvgIpc) is 2.97. The number of carbonyl (C=O) groups is 1. The van der Waals surface area contributed by atoms with Crippen molar-refractivity contribution >= 4 is 11.4 Å². The van der Waals surface area contributed by atoms with E-state index in [9.17, 15) is 10.1 Å². The topological polar surface area (TPSA) is 66.5 Å². The number of rotatable bonds is 4.